The van der Waals surface area contributed by atoms with Crippen molar-refractivity contribution in [2.24, 2.45) is 0 Å². The molecule has 0 aliphatic heterocycles. The van der Waals surface area contributed by atoms with Crippen LogP contribution >= 0.6 is 0 Å². The van der Waals surface area contributed by atoms with Gasteiger partial charge in [-0.25, -0.2) is 4.68 Å². The fraction of sp³-hybridized carbons (Fsp3) is 0.227. The van der Waals surface area contributed by atoms with Gasteiger partial charge in [0.2, 0.25) is 0 Å². The second-order valence-electron chi connectivity index (χ2n) is 6.83. The van der Waals surface area contributed by atoms with E-state index in [4.69, 9.17) is 9.47 Å². The number of rotatable bonds is 7. The van der Waals surface area contributed by atoms with Crippen LogP contribution in [0, 0.1) is 0 Å². The number of methoxy groups -OCH3 is 2. The van der Waals surface area contributed by atoms with Gasteiger partial charge >= 0.3 is 0 Å². The van der Waals surface area contributed by atoms with E-state index in [0.717, 1.165) is 16.3 Å². The number of aromatic amines is 1. The third kappa shape index (κ3) is 3.77. The Morgan fingerprint density at radius 3 is 2.70 bits per heavy atom. The van der Waals surface area contributed by atoms with Gasteiger partial charge in [0.15, 0.2) is 0 Å². The number of nitrogens with zero attached hydrogens (tertiary/aromatic N) is 2. The molecular formula is C22H22N4O4. The quantitative estimate of drug-likeness (QED) is 0.491. The molecule has 1 amide bonds. The highest BCUT2D eigenvalue weighted by Crippen LogP contribution is 2.21. The van der Waals surface area contributed by atoms with Crippen LogP contribution in [-0.2, 0) is 17.8 Å². The van der Waals surface area contributed by atoms with Crippen LogP contribution in [0.5, 0.6) is 5.75 Å². The van der Waals surface area contributed by atoms with Gasteiger partial charge in [0.25, 0.3) is 11.5 Å². The zero-order valence-electron chi connectivity index (χ0n) is 16.8. The van der Waals surface area contributed by atoms with Crippen molar-refractivity contribution in [1.29, 1.82) is 0 Å². The van der Waals surface area contributed by atoms with Gasteiger partial charge in [-0.15, -0.1) is 0 Å². The van der Waals surface area contributed by atoms with Crippen molar-refractivity contribution < 1.29 is 14.3 Å². The minimum absolute atomic E-state index is 0.178. The number of aromatic nitrogens is 3. The number of fused-ring (bicyclic) bond motifs is 2. The molecule has 8 nitrogen and oxygen atoms in total. The van der Waals surface area contributed by atoms with Crippen LogP contribution in [0.1, 0.15) is 16.2 Å². The van der Waals surface area contributed by atoms with Crippen molar-refractivity contribution in [2.75, 3.05) is 20.8 Å². The molecule has 0 saturated carbocycles. The average molecular weight is 406 g/mol. The summed E-state index contributed by atoms with van der Waals surface area (Å²) in [5, 5.41) is 9.54. The van der Waals surface area contributed by atoms with E-state index >= 15 is 0 Å². The van der Waals surface area contributed by atoms with E-state index in [1.165, 1.54) is 4.68 Å². The first-order chi connectivity index (χ1) is 14.6. The Kier molecular flexibility index (Phi) is 5.49. The molecule has 0 bridgehead atoms. The van der Waals surface area contributed by atoms with Crippen LogP contribution in [0.15, 0.2) is 53.3 Å². The van der Waals surface area contributed by atoms with Gasteiger partial charge in [0, 0.05) is 29.5 Å². The SMILES string of the molecule is COCCn1nc(CNC(=O)c2cc3ccc(OC)cc3[nH]2)c2ccccc2c1=O. The minimum Gasteiger partial charge on any atom is -0.497 e. The van der Waals surface area contributed by atoms with Crippen molar-refractivity contribution in [3.63, 3.8) is 0 Å². The summed E-state index contributed by atoms with van der Waals surface area (Å²) in [6.07, 6.45) is 0. The van der Waals surface area contributed by atoms with Gasteiger partial charge in [0.05, 0.1) is 37.9 Å². The summed E-state index contributed by atoms with van der Waals surface area (Å²) in [5.74, 6) is 0.455. The van der Waals surface area contributed by atoms with E-state index in [1.807, 2.05) is 36.4 Å². The summed E-state index contributed by atoms with van der Waals surface area (Å²) in [4.78, 5) is 28.5. The fourth-order valence-electron chi connectivity index (χ4n) is 3.38. The molecular weight excluding hydrogens is 384 g/mol. The average Bonchev–Trinajstić information content (AvgIpc) is 3.21. The van der Waals surface area contributed by atoms with E-state index in [1.54, 1.807) is 26.4 Å². The molecule has 0 radical (unpaired) electrons. The zero-order valence-corrected chi connectivity index (χ0v) is 16.8. The summed E-state index contributed by atoms with van der Waals surface area (Å²) in [5.41, 5.74) is 1.70. The minimum atomic E-state index is -0.259. The zero-order chi connectivity index (χ0) is 21.1. The number of hydrogen-bond acceptors (Lipinski definition) is 5. The largest absolute Gasteiger partial charge is 0.497 e. The Morgan fingerprint density at radius 1 is 1.13 bits per heavy atom. The van der Waals surface area contributed by atoms with Crippen molar-refractivity contribution in [3.8, 4) is 5.75 Å². The predicted octanol–water partition coefficient (Wildman–Crippen LogP) is 2.46. The van der Waals surface area contributed by atoms with Crippen LogP contribution in [0.4, 0.5) is 0 Å². The van der Waals surface area contributed by atoms with Gasteiger partial charge in [-0.3, -0.25) is 9.59 Å². The molecule has 4 aromatic rings. The van der Waals surface area contributed by atoms with Gasteiger partial charge in [-0.05, 0) is 24.3 Å². The van der Waals surface area contributed by atoms with E-state index in [2.05, 4.69) is 15.4 Å². The molecule has 0 atom stereocenters. The molecule has 0 saturated heterocycles. The molecule has 2 N–H and O–H groups in total. The number of amides is 1. The van der Waals surface area contributed by atoms with E-state index in [0.29, 0.717) is 35.7 Å². The number of ether oxygens (including phenoxy) is 2. The van der Waals surface area contributed by atoms with Crippen LogP contribution in [0.3, 0.4) is 0 Å². The lowest BCUT2D eigenvalue weighted by Gasteiger charge is -2.11. The number of carbonyl (C=O) groups excluding carboxylic acids is 1. The van der Waals surface area contributed by atoms with Crippen LogP contribution in [0.25, 0.3) is 21.7 Å². The molecule has 2 heterocycles. The number of H-pyrrole nitrogens is 1. The molecule has 0 unspecified atom stereocenters. The number of carbonyl (C=O) groups is 1. The molecule has 30 heavy (non-hydrogen) atoms. The molecule has 154 valence electrons. The lowest BCUT2D eigenvalue weighted by atomic mass is 10.1. The van der Waals surface area contributed by atoms with E-state index in [9.17, 15) is 9.59 Å². The molecule has 8 heteroatoms. The Labute approximate surface area is 172 Å². The third-order valence-electron chi connectivity index (χ3n) is 4.94. The second-order valence-corrected chi connectivity index (χ2v) is 6.83. The summed E-state index contributed by atoms with van der Waals surface area (Å²) in [7, 11) is 3.17. The van der Waals surface area contributed by atoms with E-state index in [-0.39, 0.29) is 18.0 Å². The van der Waals surface area contributed by atoms with Crippen molar-refractivity contribution >= 4 is 27.6 Å². The maximum absolute atomic E-state index is 12.7. The maximum atomic E-state index is 12.7. The molecule has 2 aromatic heterocycles. The van der Waals surface area contributed by atoms with Crippen molar-refractivity contribution in [3.05, 3.63) is 70.3 Å². The van der Waals surface area contributed by atoms with Crippen LogP contribution in [-0.4, -0.2) is 41.5 Å². The van der Waals surface area contributed by atoms with Gasteiger partial charge in [-0.1, -0.05) is 18.2 Å². The molecule has 0 spiro atoms. The maximum Gasteiger partial charge on any atom is 0.274 e. The topological polar surface area (TPSA) is 98.2 Å². The molecule has 0 fully saturated rings. The molecule has 2 aromatic carbocycles. The standard InChI is InChI=1S/C22H22N4O4/c1-29-10-9-26-22(28)17-6-4-3-5-16(17)20(25-26)13-23-21(27)19-11-14-7-8-15(30-2)12-18(14)24-19/h3-8,11-12,24H,9-10,13H2,1-2H3,(H,23,27). The first kappa shape index (κ1) is 19.7. The Hall–Kier alpha value is -3.65. The van der Waals surface area contributed by atoms with Crippen LogP contribution in [0.2, 0.25) is 0 Å². The highest BCUT2D eigenvalue weighted by molar-refractivity contribution is 5.98. The number of hydrogen-bond donors (Lipinski definition) is 2. The van der Waals surface area contributed by atoms with Gasteiger partial charge < -0.3 is 19.8 Å². The highest BCUT2D eigenvalue weighted by atomic mass is 16.5. The first-order valence-electron chi connectivity index (χ1n) is 9.53. The summed E-state index contributed by atoms with van der Waals surface area (Å²) in [6.45, 7) is 0.895. The summed E-state index contributed by atoms with van der Waals surface area (Å²) in [6, 6.07) is 14.6. The van der Waals surface area contributed by atoms with Crippen molar-refractivity contribution in [1.82, 2.24) is 20.1 Å². The first-order valence-corrected chi connectivity index (χ1v) is 9.53. The van der Waals surface area contributed by atoms with Crippen LogP contribution < -0.4 is 15.6 Å². The Bertz CT molecular complexity index is 1280. The molecule has 0 aliphatic rings. The van der Waals surface area contributed by atoms with Gasteiger partial charge in [0.1, 0.15) is 11.4 Å². The number of nitrogens with one attached hydrogen (secondary N) is 2. The lowest BCUT2D eigenvalue weighted by molar-refractivity contribution is 0.0946. The molecule has 4 rings (SSSR count). The predicted molar refractivity (Wildman–Crippen MR) is 114 cm³/mol. The summed E-state index contributed by atoms with van der Waals surface area (Å²) < 4.78 is 11.7. The monoisotopic (exact) mass is 406 g/mol. The summed E-state index contributed by atoms with van der Waals surface area (Å²) >= 11 is 0. The molecule has 0 aliphatic carbocycles. The second kappa shape index (κ2) is 8.38. The normalized spacial score (nSPS) is 11.1. The Balaban J connectivity index is 1.60. The number of benzene rings is 2. The highest BCUT2D eigenvalue weighted by Gasteiger charge is 2.14. The van der Waals surface area contributed by atoms with Gasteiger partial charge in [-0.2, -0.15) is 5.10 Å². The smallest absolute Gasteiger partial charge is 0.274 e. The Morgan fingerprint density at radius 2 is 1.93 bits per heavy atom. The lowest BCUT2D eigenvalue weighted by Crippen LogP contribution is -2.29. The fourth-order valence-corrected chi connectivity index (χ4v) is 3.38. The van der Waals surface area contributed by atoms with E-state index < -0.39 is 0 Å². The third-order valence-corrected chi connectivity index (χ3v) is 4.94. The van der Waals surface area contributed by atoms with Crippen molar-refractivity contribution in [2.45, 2.75) is 13.1 Å².